The molecule has 2 heterocycles. The van der Waals surface area contributed by atoms with Gasteiger partial charge in [-0.15, -0.1) is 0 Å². The highest BCUT2D eigenvalue weighted by atomic mass is 16.2. The van der Waals surface area contributed by atoms with Gasteiger partial charge in [-0.3, -0.25) is 14.2 Å². The Labute approximate surface area is 170 Å². The van der Waals surface area contributed by atoms with Gasteiger partial charge in [0.05, 0.1) is 6.33 Å². The highest BCUT2D eigenvalue weighted by Gasteiger charge is 2.23. The van der Waals surface area contributed by atoms with Crippen molar-refractivity contribution >= 4 is 34.5 Å². The van der Waals surface area contributed by atoms with Crippen LogP contribution in [0.4, 0.5) is 16.2 Å². The molecule has 3 amide bonds. The SMILES string of the molecule is Cn1cnc2c1c(=O)n(CC(=O)Nc1ccc(NC(=O)NC3CC3)cc1)c(=O)n2C. The Morgan fingerprint density at radius 1 is 1.07 bits per heavy atom. The van der Waals surface area contributed by atoms with Crippen LogP contribution in [0, 0.1) is 0 Å². The second-order valence-corrected chi connectivity index (χ2v) is 7.26. The Hall–Kier alpha value is -3.89. The summed E-state index contributed by atoms with van der Waals surface area (Å²) in [5.41, 5.74) is 0.354. The van der Waals surface area contributed by atoms with Crippen LogP contribution in [0.3, 0.4) is 0 Å². The molecule has 3 aromatic rings. The van der Waals surface area contributed by atoms with E-state index < -0.39 is 23.7 Å². The molecule has 1 fully saturated rings. The van der Waals surface area contributed by atoms with E-state index >= 15 is 0 Å². The summed E-state index contributed by atoms with van der Waals surface area (Å²) in [4.78, 5) is 53.4. The number of aryl methyl sites for hydroxylation is 2. The number of aromatic nitrogens is 4. The van der Waals surface area contributed by atoms with Gasteiger partial charge in [-0.2, -0.15) is 0 Å². The molecule has 11 nitrogen and oxygen atoms in total. The molecule has 4 rings (SSSR count). The van der Waals surface area contributed by atoms with Crippen molar-refractivity contribution in [2.24, 2.45) is 14.1 Å². The fourth-order valence-electron chi connectivity index (χ4n) is 3.10. The van der Waals surface area contributed by atoms with Crippen LogP contribution in [0.25, 0.3) is 11.2 Å². The average molecular weight is 411 g/mol. The number of carbonyl (C=O) groups is 2. The van der Waals surface area contributed by atoms with E-state index in [0.29, 0.717) is 11.4 Å². The van der Waals surface area contributed by atoms with Crippen LogP contribution in [-0.2, 0) is 25.4 Å². The lowest BCUT2D eigenvalue weighted by Crippen LogP contribution is -2.42. The number of benzene rings is 1. The van der Waals surface area contributed by atoms with Crippen molar-refractivity contribution in [3.8, 4) is 0 Å². The van der Waals surface area contributed by atoms with E-state index in [4.69, 9.17) is 0 Å². The second kappa shape index (κ2) is 7.50. The molecule has 1 aliphatic rings. The largest absolute Gasteiger partial charge is 0.335 e. The monoisotopic (exact) mass is 411 g/mol. The number of carbonyl (C=O) groups excluding carboxylic acids is 2. The normalized spacial score (nSPS) is 13.3. The quantitative estimate of drug-likeness (QED) is 0.558. The zero-order chi connectivity index (χ0) is 21.4. The molecule has 1 saturated carbocycles. The maximum Gasteiger partial charge on any atom is 0.332 e. The van der Waals surface area contributed by atoms with Crippen molar-refractivity contribution in [1.82, 2.24) is 24.0 Å². The maximum atomic E-state index is 12.7. The van der Waals surface area contributed by atoms with Crippen LogP contribution >= 0.6 is 0 Å². The Bertz CT molecular complexity index is 1250. The zero-order valence-electron chi connectivity index (χ0n) is 16.5. The first-order valence-corrected chi connectivity index (χ1v) is 9.42. The first-order chi connectivity index (χ1) is 14.3. The van der Waals surface area contributed by atoms with Gasteiger partial charge < -0.3 is 20.5 Å². The minimum atomic E-state index is -0.623. The number of hydrogen-bond acceptors (Lipinski definition) is 5. The molecule has 2 aromatic heterocycles. The minimum absolute atomic E-state index is 0.241. The number of nitrogens with one attached hydrogen (secondary N) is 3. The van der Waals surface area contributed by atoms with Crippen LogP contribution in [0.15, 0.2) is 40.2 Å². The van der Waals surface area contributed by atoms with Crippen molar-refractivity contribution in [3.63, 3.8) is 0 Å². The smallest absolute Gasteiger partial charge is 0.332 e. The van der Waals surface area contributed by atoms with E-state index in [1.165, 1.54) is 22.5 Å². The van der Waals surface area contributed by atoms with Crippen LogP contribution in [0.1, 0.15) is 12.8 Å². The lowest BCUT2D eigenvalue weighted by molar-refractivity contribution is -0.116. The summed E-state index contributed by atoms with van der Waals surface area (Å²) >= 11 is 0. The average Bonchev–Trinajstić information content (AvgIpc) is 3.43. The lowest BCUT2D eigenvalue weighted by Gasteiger charge is -2.10. The molecule has 11 heteroatoms. The van der Waals surface area contributed by atoms with E-state index in [-0.39, 0.29) is 23.2 Å². The number of fused-ring (bicyclic) bond motifs is 1. The van der Waals surface area contributed by atoms with Crippen LogP contribution in [-0.4, -0.2) is 36.7 Å². The van der Waals surface area contributed by atoms with Crippen molar-refractivity contribution in [3.05, 3.63) is 51.4 Å². The maximum absolute atomic E-state index is 12.7. The van der Waals surface area contributed by atoms with Gasteiger partial charge in [-0.1, -0.05) is 0 Å². The number of urea groups is 1. The standard InChI is InChI=1S/C19H21N7O4/c1-24-10-20-16-15(24)17(28)26(19(30)25(16)2)9-14(27)21-11-3-5-12(6-4-11)22-18(29)23-13-7-8-13/h3-6,10,13H,7-9H2,1-2H3,(H,21,27)(H2,22,23,29). The molecule has 156 valence electrons. The molecule has 0 saturated heterocycles. The van der Waals surface area contributed by atoms with Crippen LogP contribution in [0.2, 0.25) is 0 Å². The first-order valence-electron chi connectivity index (χ1n) is 9.42. The molecule has 0 bridgehead atoms. The fourth-order valence-corrected chi connectivity index (χ4v) is 3.10. The van der Waals surface area contributed by atoms with E-state index in [9.17, 15) is 19.2 Å². The zero-order valence-corrected chi connectivity index (χ0v) is 16.5. The minimum Gasteiger partial charge on any atom is -0.335 e. The number of rotatable bonds is 5. The first kappa shape index (κ1) is 19.4. The highest BCUT2D eigenvalue weighted by Crippen LogP contribution is 2.19. The lowest BCUT2D eigenvalue weighted by atomic mass is 10.3. The highest BCUT2D eigenvalue weighted by molar-refractivity contribution is 5.92. The Morgan fingerprint density at radius 2 is 1.70 bits per heavy atom. The third-order valence-electron chi connectivity index (χ3n) is 4.84. The predicted octanol–water partition coefficient (Wildman–Crippen LogP) is 0.356. The Balaban J connectivity index is 1.46. The van der Waals surface area contributed by atoms with Gasteiger partial charge in [0.25, 0.3) is 5.56 Å². The van der Waals surface area contributed by atoms with Crippen LogP contribution < -0.4 is 27.2 Å². The van der Waals surface area contributed by atoms with Gasteiger partial charge in [-0.25, -0.2) is 19.1 Å². The van der Waals surface area contributed by atoms with Crippen molar-refractivity contribution in [1.29, 1.82) is 0 Å². The molecule has 0 unspecified atom stereocenters. The summed E-state index contributed by atoms with van der Waals surface area (Å²) in [6.45, 7) is -0.434. The number of amides is 3. The van der Waals surface area contributed by atoms with Crippen molar-refractivity contribution in [2.45, 2.75) is 25.4 Å². The van der Waals surface area contributed by atoms with E-state index in [1.807, 2.05) is 0 Å². The fraction of sp³-hybridized carbons (Fsp3) is 0.316. The van der Waals surface area contributed by atoms with Gasteiger partial charge in [-0.05, 0) is 37.1 Å². The van der Waals surface area contributed by atoms with Gasteiger partial charge in [0.15, 0.2) is 11.2 Å². The number of nitrogens with zero attached hydrogens (tertiary/aromatic N) is 4. The molecule has 0 atom stereocenters. The Kier molecular flexibility index (Phi) is 4.86. The van der Waals surface area contributed by atoms with E-state index in [0.717, 1.165) is 17.4 Å². The molecule has 3 N–H and O–H groups in total. The van der Waals surface area contributed by atoms with Crippen molar-refractivity contribution < 1.29 is 9.59 Å². The molecule has 0 radical (unpaired) electrons. The molecule has 1 aliphatic carbocycles. The van der Waals surface area contributed by atoms with Gasteiger partial charge >= 0.3 is 11.7 Å². The molecular formula is C19H21N7O4. The third-order valence-corrected chi connectivity index (χ3v) is 4.84. The third kappa shape index (κ3) is 3.81. The summed E-state index contributed by atoms with van der Waals surface area (Å²) in [5, 5.41) is 8.18. The molecule has 30 heavy (non-hydrogen) atoms. The van der Waals surface area contributed by atoms with E-state index in [2.05, 4.69) is 20.9 Å². The predicted molar refractivity (Wildman–Crippen MR) is 110 cm³/mol. The van der Waals surface area contributed by atoms with E-state index in [1.54, 1.807) is 31.3 Å². The van der Waals surface area contributed by atoms with Gasteiger partial charge in [0.1, 0.15) is 6.54 Å². The molecule has 0 aliphatic heterocycles. The van der Waals surface area contributed by atoms with Crippen molar-refractivity contribution in [2.75, 3.05) is 10.6 Å². The summed E-state index contributed by atoms with van der Waals surface area (Å²) in [7, 11) is 3.14. The second-order valence-electron chi connectivity index (χ2n) is 7.26. The molecule has 1 aromatic carbocycles. The summed E-state index contributed by atoms with van der Waals surface area (Å²) < 4.78 is 3.62. The molecule has 0 spiro atoms. The Morgan fingerprint density at radius 3 is 2.33 bits per heavy atom. The summed E-state index contributed by atoms with van der Waals surface area (Å²) in [6.07, 6.45) is 3.44. The molecular weight excluding hydrogens is 390 g/mol. The summed E-state index contributed by atoms with van der Waals surface area (Å²) in [6, 6.07) is 6.52. The van der Waals surface area contributed by atoms with Gasteiger partial charge in [0, 0.05) is 31.5 Å². The topological polar surface area (TPSA) is 132 Å². The number of anilines is 2. The number of imidazole rings is 1. The van der Waals surface area contributed by atoms with Gasteiger partial charge in [0.2, 0.25) is 5.91 Å². The van der Waals surface area contributed by atoms with Crippen LogP contribution in [0.5, 0.6) is 0 Å². The number of hydrogen-bond donors (Lipinski definition) is 3. The summed E-state index contributed by atoms with van der Waals surface area (Å²) in [5.74, 6) is -0.525.